The Morgan fingerprint density at radius 3 is 1.26 bits per heavy atom. The van der Waals surface area contributed by atoms with Crippen LogP contribution >= 0.6 is 7.82 Å². The van der Waals surface area contributed by atoms with Gasteiger partial charge in [0.15, 0.2) is 6.10 Å². The number of unbranched alkanes of at least 4 members (excludes halogenated alkanes) is 28. The molecule has 0 aromatic carbocycles. The van der Waals surface area contributed by atoms with E-state index in [4.69, 9.17) is 19.3 Å². The van der Waals surface area contributed by atoms with Crippen molar-refractivity contribution in [2.75, 3.05) is 13.2 Å². The van der Waals surface area contributed by atoms with Crippen LogP contribution in [0.15, 0.2) is 36.5 Å². The summed E-state index contributed by atoms with van der Waals surface area (Å²) in [6, 6.07) is 0. The molecule has 0 spiro atoms. The highest BCUT2D eigenvalue weighted by atomic mass is 31.2. The van der Waals surface area contributed by atoms with E-state index < -0.39 is 32.5 Å². The van der Waals surface area contributed by atoms with Crippen LogP contribution in [0.25, 0.3) is 0 Å². The third kappa shape index (κ3) is 46.8. The molecule has 0 aliphatic rings. The van der Waals surface area contributed by atoms with Crippen molar-refractivity contribution < 1.29 is 37.9 Å². The summed E-state index contributed by atoms with van der Waals surface area (Å²) in [5, 5.41) is 0. The number of carbonyl (C=O) groups excluding carboxylic acids is 2. The molecule has 8 nitrogen and oxygen atoms in total. The Morgan fingerprint density at radius 2 is 0.842 bits per heavy atom. The second kappa shape index (κ2) is 43.8. The monoisotopic (exact) mass is 825 g/mol. The summed E-state index contributed by atoms with van der Waals surface area (Å²) in [6.07, 6.45) is 53.0. The van der Waals surface area contributed by atoms with Crippen LogP contribution in [-0.2, 0) is 28.2 Å². The molecule has 57 heavy (non-hydrogen) atoms. The summed E-state index contributed by atoms with van der Waals surface area (Å²) in [7, 11) is -4.76. The number of hydrogen-bond donors (Lipinski definition) is 2. The van der Waals surface area contributed by atoms with Crippen LogP contribution in [0, 0.1) is 0 Å². The Kier molecular flexibility index (Phi) is 42.5. The summed E-state index contributed by atoms with van der Waals surface area (Å²) in [6.45, 7) is 3.60. The fourth-order valence-electron chi connectivity index (χ4n) is 6.92. The molecule has 0 saturated carbocycles. The summed E-state index contributed by atoms with van der Waals surface area (Å²) >= 11 is 0. The molecule has 0 saturated heterocycles. The molecule has 334 valence electrons. The van der Waals surface area contributed by atoms with Gasteiger partial charge in [-0.05, 0) is 44.9 Å². The molecule has 0 aliphatic heterocycles. The second-order valence-electron chi connectivity index (χ2n) is 16.1. The molecule has 0 rings (SSSR count). The number of hydrogen-bond acceptors (Lipinski definition) is 6. The van der Waals surface area contributed by atoms with Crippen LogP contribution in [0.5, 0.6) is 0 Å². The summed E-state index contributed by atoms with van der Waals surface area (Å²) in [4.78, 5) is 43.0. The van der Waals surface area contributed by atoms with Gasteiger partial charge in [0, 0.05) is 12.8 Å². The molecule has 1 atom stereocenters. The lowest BCUT2D eigenvalue weighted by Crippen LogP contribution is -2.29. The lowest BCUT2D eigenvalue weighted by atomic mass is 10.0. The summed E-state index contributed by atoms with van der Waals surface area (Å²) in [5.41, 5.74) is 0. The molecule has 0 bridgehead atoms. The zero-order valence-corrected chi connectivity index (χ0v) is 37.9. The van der Waals surface area contributed by atoms with Gasteiger partial charge in [-0.2, -0.15) is 0 Å². The van der Waals surface area contributed by atoms with Gasteiger partial charge in [0.2, 0.25) is 0 Å². The maximum absolute atomic E-state index is 12.4. The largest absolute Gasteiger partial charge is 0.469 e. The van der Waals surface area contributed by atoms with Gasteiger partial charge in [-0.15, -0.1) is 0 Å². The van der Waals surface area contributed by atoms with Crippen molar-refractivity contribution in [1.82, 2.24) is 0 Å². The SMILES string of the molecule is CC/C=C\C/C=C\C/C=C\CCCCCCCCCC(=O)OC(COC(=O)CCCCCCCCCCCCCCCCCCCCCCCC)COP(=O)(O)O. The first kappa shape index (κ1) is 55.3. The van der Waals surface area contributed by atoms with E-state index in [1.165, 1.54) is 141 Å². The van der Waals surface area contributed by atoms with Crippen LogP contribution in [-0.4, -0.2) is 41.0 Å². The van der Waals surface area contributed by atoms with Gasteiger partial charge in [-0.25, -0.2) is 4.57 Å². The molecule has 0 aromatic rings. The van der Waals surface area contributed by atoms with E-state index in [9.17, 15) is 14.2 Å². The fourth-order valence-corrected chi connectivity index (χ4v) is 7.28. The van der Waals surface area contributed by atoms with E-state index in [-0.39, 0.29) is 19.4 Å². The number of rotatable bonds is 44. The van der Waals surface area contributed by atoms with Gasteiger partial charge >= 0.3 is 19.8 Å². The Balaban J connectivity index is 3.81. The van der Waals surface area contributed by atoms with Gasteiger partial charge in [-0.1, -0.05) is 217 Å². The number of allylic oxidation sites excluding steroid dienone is 6. The van der Waals surface area contributed by atoms with Gasteiger partial charge < -0.3 is 19.3 Å². The number of esters is 2. The second-order valence-corrected chi connectivity index (χ2v) is 17.3. The Hall–Kier alpha value is -1.73. The Bertz CT molecular complexity index is 1020. The highest BCUT2D eigenvalue weighted by Gasteiger charge is 2.23. The van der Waals surface area contributed by atoms with E-state index in [1.807, 2.05) is 0 Å². The molecule has 1 unspecified atom stereocenters. The normalized spacial score (nSPS) is 12.7. The highest BCUT2D eigenvalue weighted by molar-refractivity contribution is 7.46. The first-order valence-corrected chi connectivity index (χ1v) is 25.3. The number of carbonyl (C=O) groups is 2. The van der Waals surface area contributed by atoms with Crippen molar-refractivity contribution in [3.63, 3.8) is 0 Å². The van der Waals surface area contributed by atoms with Gasteiger partial charge in [0.25, 0.3) is 0 Å². The van der Waals surface area contributed by atoms with Gasteiger partial charge in [-0.3, -0.25) is 14.1 Å². The molecular weight excluding hydrogens is 735 g/mol. The van der Waals surface area contributed by atoms with Gasteiger partial charge in [0.05, 0.1) is 6.61 Å². The lowest BCUT2D eigenvalue weighted by molar-refractivity contribution is -0.161. The molecular formula is C48H89O8P. The van der Waals surface area contributed by atoms with E-state index in [1.54, 1.807) is 0 Å². The van der Waals surface area contributed by atoms with Crippen molar-refractivity contribution in [2.24, 2.45) is 0 Å². The van der Waals surface area contributed by atoms with Crippen molar-refractivity contribution in [1.29, 1.82) is 0 Å². The highest BCUT2D eigenvalue weighted by Crippen LogP contribution is 2.36. The standard InChI is InChI=1S/C48H89O8P/c1-3-5-7-9-11-13-15-17-19-21-22-23-24-25-27-28-30-32-34-36-38-40-42-47(49)54-44-46(45-55-57(51,52)53)56-48(50)43-41-39-37-35-33-31-29-26-20-18-16-14-12-10-8-6-4-2/h6,8,12,14,18,20,46H,3-5,7,9-11,13,15-17,19,21-45H2,1-2H3,(H2,51,52,53)/b8-6-,14-12-,20-18-. The molecule has 2 N–H and O–H groups in total. The average Bonchev–Trinajstić information content (AvgIpc) is 3.18. The molecule has 9 heteroatoms. The van der Waals surface area contributed by atoms with E-state index >= 15 is 0 Å². The summed E-state index contributed by atoms with van der Waals surface area (Å²) in [5.74, 6) is -0.886. The number of phosphoric acid groups is 1. The quantitative estimate of drug-likeness (QED) is 0.0270. The maximum atomic E-state index is 12.4. The first-order valence-electron chi connectivity index (χ1n) is 23.8. The third-order valence-electron chi connectivity index (χ3n) is 10.4. The minimum Gasteiger partial charge on any atom is -0.462 e. The topological polar surface area (TPSA) is 119 Å². The minimum atomic E-state index is -4.76. The van der Waals surface area contributed by atoms with E-state index in [0.29, 0.717) is 6.42 Å². The lowest BCUT2D eigenvalue weighted by Gasteiger charge is -2.18. The van der Waals surface area contributed by atoms with Crippen LogP contribution in [0.4, 0.5) is 0 Å². The van der Waals surface area contributed by atoms with Crippen molar-refractivity contribution in [2.45, 2.75) is 245 Å². The van der Waals surface area contributed by atoms with Crippen LogP contribution in [0.2, 0.25) is 0 Å². The molecule has 0 radical (unpaired) electrons. The Labute approximate surface area is 351 Å². The summed E-state index contributed by atoms with van der Waals surface area (Å²) < 4.78 is 26.5. The van der Waals surface area contributed by atoms with Crippen LogP contribution in [0.3, 0.4) is 0 Å². The zero-order valence-electron chi connectivity index (χ0n) is 37.0. The predicted octanol–water partition coefficient (Wildman–Crippen LogP) is 14.9. The number of phosphoric ester groups is 1. The van der Waals surface area contributed by atoms with Crippen molar-refractivity contribution in [3.8, 4) is 0 Å². The van der Waals surface area contributed by atoms with E-state index in [0.717, 1.165) is 64.2 Å². The van der Waals surface area contributed by atoms with Crippen molar-refractivity contribution in [3.05, 3.63) is 36.5 Å². The maximum Gasteiger partial charge on any atom is 0.469 e. The molecule has 0 aliphatic carbocycles. The molecule has 0 fully saturated rings. The van der Waals surface area contributed by atoms with Crippen molar-refractivity contribution >= 4 is 19.8 Å². The van der Waals surface area contributed by atoms with Crippen LogP contribution in [0.1, 0.15) is 239 Å². The smallest absolute Gasteiger partial charge is 0.462 e. The molecule has 0 heterocycles. The molecule has 0 aromatic heterocycles. The fraction of sp³-hybridized carbons (Fsp3) is 0.833. The Morgan fingerprint density at radius 1 is 0.474 bits per heavy atom. The third-order valence-corrected chi connectivity index (χ3v) is 10.9. The molecule has 0 amide bonds. The predicted molar refractivity (Wildman–Crippen MR) is 239 cm³/mol. The van der Waals surface area contributed by atoms with Gasteiger partial charge in [0.1, 0.15) is 6.61 Å². The first-order chi connectivity index (χ1) is 27.8. The van der Waals surface area contributed by atoms with E-state index in [2.05, 4.69) is 54.8 Å². The average molecular weight is 825 g/mol. The zero-order chi connectivity index (χ0) is 41.8. The van der Waals surface area contributed by atoms with Crippen LogP contribution < -0.4 is 0 Å². The minimum absolute atomic E-state index is 0.202. The number of ether oxygens (including phenoxy) is 2.